The highest BCUT2D eigenvalue weighted by Crippen LogP contribution is 2.33. The Labute approximate surface area is 277 Å². The molecule has 0 saturated heterocycles. The number of amides is 2. The zero-order valence-electron chi connectivity index (χ0n) is 27.1. The highest BCUT2D eigenvalue weighted by Gasteiger charge is 2.30. The summed E-state index contributed by atoms with van der Waals surface area (Å²) in [6.07, 6.45) is 0.0267. The maximum Gasteiger partial charge on any atom is 0.233 e. The number of carbonyl (C=O) groups is 2. The Morgan fingerprint density at radius 1 is 0.553 bits per heavy atom. The van der Waals surface area contributed by atoms with Gasteiger partial charge in [0, 0.05) is 0 Å². The molecule has 0 atom stereocenters. The lowest BCUT2D eigenvalue weighted by atomic mass is 9.89. The molecule has 2 amide bonds. The van der Waals surface area contributed by atoms with Crippen LogP contribution in [-0.4, -0.2) is 25.5 Å². The molecule has 240 valence electrons. The Bertz CT molecular complexity index is 1530. The van der Waals surface area contributed by atoms with Gasteiger partial charge in [-0.15, -0.1) is 0 Å². The zero-order chi connectivity index (χ0) is 33.0. The number of methoxy groups -OCH3 is 1. The number of hydrogen-bond acceptors (Lipinski definition) is 4. The molecule has 0 aliphatic carbocycles. The lowest BCUT2D eigenvalue weighted by molar-refractivity contribution is -0.125. The summed E-state index contributed by atoms with van der Waals surface area (Å²) in [6, 6.07) is 44.1. The summed E-state index contributed by atoms with van der Waals surface area (Å²) in [4.78, 5) is 28.7. The Hall–Kier alpha value is -5.36. The average molecular weight is 627 g/mol. The van der Waals surface area contributed by atoms with Gasteiger partial charge in [0.05, 0.1) is 25.6 Å². The largest absolute Gasteiger partial charge is 0.493 e. The molecule has 5 aromatic carbocycles. The second-order valence-corrected chi connectivity index (χ2v) is 11.9. The third-order valence-electron chi connectivity index (χ3n) is 8.10. The molecule has 0 fully saturated rings. The fourth-order valence-electron chi connectivity index (χ4n) is 5.61. The van der Waals surface area contributed by atoms with E-state index in [1.807, 2.05) is 140 Å². The van der Waals surface area contributed by atoms with E-state index in [1.54, 1.807) is 7.11 Å². The van der Waals surface area contributed by atoms with Gasteiger partial charge in [-0.3, -0.25) is 9.59 Å². The first-order valence-electron chi connectivity index (χ1n) is 16.1. The van der Waals surface area contributed by atoms with E-state index >= 15 is 0 Å². The highest BCUT2D eigenvalue weighted by molar-refractivity contribution is 5.90. The fraction of sp³-hybridized carbons (Fsp3) is 0.220. The van der Waals surface area contributed by atoms with Crippen LogP contribution < -0.4 is 20.1 Å². The van der Waals surface area contributed by atoms with E-state index in [-0.39, 0.29) is 11.8 Å². The molecule has 5 rings (SSSR count). The second-order valence-electron chi connectivity index (χ2n) is 11.9. The van der Waals surface area contributed by atoms with Crippen molar-refractivity contribution in [2.75, 3.05) is 13.7 Å². The summed E-state index contributed by atoms with van der Waals surface area (Å²) in [7, 11) is 1.59. The van der Waals surface area contributed by atoms with Gasteiger partial charge in [-0.1, -0.05) is 141 Å². The molecule has 0 aromatic heterocycles. The van der Waals surface area contributed by atoms with Crippen molar-refractivity contribution in [3.05, 3.63) is 167 Å². The number of ether oxygens (including phenoxy) is 2. The minimum atomic E-state index is -0.876. The van der Waals surface area contributed by atoms with E-state index in [9.17, 15) is 9.59 Å². The molecule has 0 aliphatic heterocycles. The van der Waals surface area contributed by atoms with Crippen molar-refractivity contribution >= 4 is 11.8 Å². The molecule has 6 heteroatoms. The van der Waals surface area contributed by atoms with E-state index in [2.05, 4.69) is 24.5 Å². The van der Waals surface area contributed by atoms with Crippen LogP contribution in [0, 0.1) is 5.92 Å². The molecule has 2 N–H and O–H groups in total. The molecule has 0 aliphatic rings. The molecule has 5 aromatic rings. The Balaban J connectivity index is 1.52. The third kappa shape index (κ3) is 8.67. The smallest absolute Gasteiger partial charge is 0.233 e. The predicted octanol–water partition coefficient (Wildman–Crippen LogP) is 8.02. The van der Waals surface area contributed by atoms with E-state index < -0.39 is 18.0 Å². The van der Waals surface area contributed by atoms with Crippen LogP contribution in [0.3, 0.4) is 0 Å². The van der Waals surface area contributed by atoms with Crippen LogP contribution in [0.4, 0.5) is 0 Å². The Kier molecular flexibility index (Phi) is 11.4. The Morgan fingerprint density at radius 3 is 1.32 bits per heavy atom. The summed E-state index contributed by atoms with van der Waals surface area (Å²) in [5.74, 6) is -0.0803. The summed E-state index contributed by atoms with van der Waals surface area (Å²) >= 11 is 0. The molecular formula is C41H42N2O4. The molecule has 0 unspecified atom stereocenters. The monoisotopic (exact) mass is 626 g/mol. The van der Waals surface area contributed by atoms with E-state index in [4.69, 9.17) is 9.47 Å². The van der Waals surface area contributed by atoms with Crippen LogP contribution in [0.5, 0.6) is 11.5 Å². The van der Waals surface area contributed by atoms with Gasteiger partial charge < -0.3 is 20.1 Å². The van der Waals surface area contributed by atoms with Gasteiger partial charge in [0.1, 0.15) is 6.17 Å². The number of nitrogens with one attached hydrogen (secondary N) is 2. The molecular weight excluding hydrogens is 584 g/mol. The summed E-state index contributed by atoms with van der Waals surface area (Å²) in [5.41, 5.74) is 4.04. The third-order valence-corrected chi connectivity index (χ3v) is 8.10. The Morgan fingerprint density at radius 2 is 0.957 bits per heavy atom. The summed E-state index contributed by atoms with van der Waals surface area (Å²) in [5, 5.41) is 6.36. The van der Waals surface area contributed by atoms with Crippen molar-refractivity contribution in [3.63, 3.8) is 0 Å². The lowest BCUT2D eigenvalue weighted by Gasteiger charge is -2.27. The van der Waals surface area contributed by atoms with Gasteiger partial charge in [-0.2, -0.15) is 0 Å². The van der Waals surface area contributed by atoms with E-state index in [0.29, 0.717) is 29.6 Å². The molecule has 0 bridgehead atoms. The number of rotatable bonds is 14. The first-order valence-corrected chi connectivity index (χ1v) is 16.1. The van der Waals surface area contributed by atoms with Crippen LogP contribution in [0.15, 0.2) is 140 Å². The minimum Gasteiger partial charge on any atom is -0.493 e. The van der Waals surface area contributed by atoms with Crippen molar-refractivity contribution < 1.29 is 19.1 Å². The standard InChI is InChI=1S/C41H42N2O4/c1-29(2)26-27-47-35-25-24-34(28-36(35)46-3)39(42-40(44)37(30-16-8-4-9-17-30)31-18-10-5-11-19-31)43-41(45)38(32-20-12-6-13-21-32)33-22-14-7-15-23-33/h4-25,28-29,37-39H,26-27H2,1-3H3,(H,42,44)(H,43,45). The van der Waals surface area contributed by atoms with Gasteiger partial charge in [0.15, 0.2) is 11.5 Å². The van der Waals surface area contributed by atoms with Gasteiger partial charge in [-0.25, -0.2) is 0 Å². The van der Waals surface area contributed by atoms with Gasteiger partial charge in [0.2, 0.25) is 11.8 Å². The summed E-state index contributed by atoms with van der Waals surface area (Å²) in [6.45, 7) is 4.85. The fourth-order valence-corrected chi connectivity index (χ4v) is 5.61. The topological polar surface area (TPSA) is 76.7 Å². The van der Waals surface area contributed by atoms with E-state index in [1.165, 1.54) is 0 Å². The quantitative estimate of drug-likeness (QED) is 0.122. The van der Waals surface area contributed by atoms with Crippen molar-refractivity contribution in [2.45, 2.75) is 38.3 Å². The van der Waals surface area contributed by atoms with Crippen molar-refractivity contribution in [1.82, 2.24) is 10.6 Å². The average Bonchev–Trinajstić information content (AvgIpc) is 3.10. The number of hydrogen-bond donors (Lipinski definition) is 2. The maximum atomic E-state index is 14.3. The normalized spacial score (nSPS) is 11.1. The molecule has 0 heterocycles. The zero-order valence-corrected chi connectivity index (χ0v) is 27.1. The van der Waals surface area contributed by atoms with Crippen LogP contribution in [-0.2, 0) is 9.59 Å². The first-order chi connectivity index (χ1) is 22.9. The highest BCUT2D eigenvalue weighted by atomic mass is 16.5. The van der Waals surface area contributed by atoms with Crippen molar-refractivity contribution in [2.24, 2.45) is 5.92 Å². The van der Waals surface area contributed by atoms with Gasteiger partial charge >= 0.3 is 0 Å². The minimum absolute atomic E-state index is 0.250. The predicted molar refractivity (Wildman–Crippen MR) is 186 cm³/mol. The first kappa shape index (κ1) is 33.0. The van der Waals surface area contributed by atoms with Crippen LogP contribution in [0.2, 0.25) is 0 Å². The van der Waals surface area contributed by atoms with Crippen LogP contribution in [0.1, 0.15) is 66.1 Å². The SMILES string of the molecule is COc1cc(C(NC(=O)C(c2ccccc2)c2ccccc2)NC(=O)C(c2ccccc2)c2ccccc2)ccc1OCCC(C)C. The van der Waals surface area contributed by atoms with Crippen LogP contribution >= 0.6 is 0 Å². The van der Waals surface area contributed by atoms with Crippen LogP contribution in [0.25, 0.3) is 0 Å². The lowest BCUT2D eigenvalue weighted by Crippen LogP contribution is -2.44. The van der Waals surface area contributed by atoms with Crippen molar-refractivity contribution in [3.8, 4) is 11.5 Å². The number of benzene rings is 5. The molecule has 0 spiro atoms. The molecule has 6 nitrogen and oxygen atoms in total. The summed E-state index contributed by atoms with van der Waals surface area (Å²) < 4.78 is 11.8. The molecule has 0 radical (unpaired) electrons. The molecule has 47 heavy (non-hydrogen) atoms. The van der Waals surface area contributed by atoms with Crippen molar-refractivity contribution in [1.29, 1.82) is 0 Å². The van der Waals surface area contributed by atoms with Gasteiger partial charge in [0.25, 0.3) is 0 Å². The van der Waals surface area contributed by atoms with Gasteiger partial charge in [-0.05, 0) is 52.3 Å². The second kappa shape index (κ2) is 16.3. The van der Waals surface area contributed by atoms with E-state index in [0.717, 1.165) is 28.7 Å². The molecule has 0 saturated carbocycles. The maximum absolute atomic E-state index is 14.3. The number of carbonyl (C=O) groups excluding carboxylic acids is 2.